The molecule has 1 aliphatic rings. The van der Waals surface area contributed by atoms with Crippen LogP contribution in [0.3, 0.4) is 0 Å². The van der Waals surface area contributed by atoms with Crippen LogP contribution in [-0.4, -0.2) is 31.3 Å². The van der Waals surface area contributed by atoms with Crippen LogP contribution in [0.1, 0.15) is 41.6 Å². The zero-order chi connectivity index (χ0) is 12.3. The van der Waals surface area contributed by atoms with E-state index in [-0.39, 0.29) is 0 Å². The monoisotopic (exact) mass is 231 g/mol. The maximum absolute atomic E-state index is 10.8. The van der Waals surface area contributed by atoms with Gasteiger partial charge in [-0.15, -0.1) is 0 Å². The third-order valence-corrected chi connectivity index (χ3v) is 3.94. The molecule has 1 aromatic rings. The van der Waals surface area contributed by atoms with Crippen LogP contribution in [0.25, 0.3) is 0 Å². The van der Waals surface area contributed by atoms with Crippen LogP contribution in [-0.2, 0) is 0 Å². The number of aldehydes is 1. The van der Waals surface area contributed by atoms with Gasteiger partial charge in [0.1, 0.15) is 6.29 Å². The average Bonchev–Trinajstić information content (AvgIpc) is 2.38. The van der Waals surface area contributed by atoms with Gasteiger partial charge in [0.05, 0.1) is 0 Å². The summed E-state index contributed by atoms with van der Waals surface area (Å²) in [6, 6.07) is 8.04. The molecule has 1 aromatic carbocycles. The highest BCUT2D eigenvalue weighted by molar-refractivity contribution is 5.75. The van der Waals surface area contributed by atoms with Crippen LogP contribution >= 0.6 is 0 Å². The van der Waals surface area contributed by atoms with E-state index in [1.54, 1.807) is 0 Å². The highest BCUT2D eigenvalue weighted by Gasteiger charge is 2.23. The molecule has 0 radical (unpaired) electrons. The van der Waals surface area contributed by atoms with Gasteiger partial charge in [0.25, 0.3) is 0 Å². The average molecular weight is 231 g/mol. The van der Waals surface area contributed by atoms with Crippen molar-refractivity contribution in [3.63, 3.8) is 0 Å². The Kier molecular flexibility index (Phi) is 3.95. The van der Waals surface area contributed by atoms with E-state index in [4.69, 9.17) is 0 Å². The summed E-state index contributed by atoms with van der Waals surface area (Å²) in [6.07, 6.45) is 3.53. The first kappa shape index (κ1) is 12.3. The van der Waals surface area contributed by atoms with E-state index in [9.17, 15) is 4.79 Å². The van der Waals surface area contributed by atoms with E-state index in [1.807, 2.05) is 18.2 Å². The molecule has 2 rings (SSSR count). The number of piperidine rings is 1. The molecule has 0 spiro atoms. The predicted molar refractivity (Wildman–Crippen MR) is 70.5 cm³/mol. The molecule has 1 aliphatic heterocycles. The Balaban J connectivity index is 2.12. The number of likely N-dealkylation sites (tertiary alicyclic amines) is 1. The SMILES string of the molecule is CC(c1cccc(C=O)c1)C1CCCN(C)C1. The zero-order valence-electron chi connectivity index (χ0n) is 10.7. The lowest BCUT2D eigenvalue weighted by Crippen LogP contribution is -2.34. The minimum absolute atomic E-state index is 0.539. The van der Waals surface area contributed by atoms with Gasteiger partial charge in [0.2, 0.25) is 0 Å². The van der Waals surface area contributed by atoms with Gasteiger partial charge in [-0.2, -0.15) is 0 Å². The van der Waals surface area contributed by atoms with Crippen LogP contribution in [0.2, 0.25) is 0 Å². The fourth-order valence-corrected chi connectivity index (χ4v) is 2.80. The molecule has 0 bridgehead atoms. The van der Waals surface area contributed by atoms with E-state index >= 15 is 0 Å². The molecule has 1 heterocycles. The Morgan fingerprint density at radius 1 is 1.47 bits per heavy atom. The third kappa shape index (κ3) is 2.95. The fourth-order valence-electron chi connectivity index (χ4n) is 2.80. The first-order valence-electron chi connectivity index (χ1n) is 6.44. The Hall–Kier alpha value is -1.15. The number of benzene rings is 1. The lowest BCUT2D eigenvalue weighted by Gasteiger charge is -2.33. The Morgan fingerprint density at radius 3 is 3.00 bits per heavy atom. The number of rotatable bonds is 3. The molecule has 17 heavy (non-hydrogen) atoms. The van der Waals surface area contributed by atoms with Gasteiger partial charge in [-0.1, -0.05) is 25.1 Å². The van der Waals surface area contributed by atoms with Crippen LogP contribution < -0.4 is 0 Å². The molecule has 0 amide bonds. The Labute approximate surface area is 104 Å². The van der Waals surface area contributed by atoms with Gasteiger partial charge in [-0.05, 0) is 49.9 Å². The van der Waals surface area contributed by atoms with E-state index in [2.05, 4.69) is 24.9 Å². The summed E-state index contributed by atoms with van der Waals surface area (Å²) in [5.74, 6) is 1.26. The maximum atomic E-state index is 10.8. The van der Waals surface area contributed by atoms with Gasteiger partial charge < -0.3 is 4.90 Å². The summed E-state index contributed by atoms with van der Waals surface area (Å²) in [5.41, 5.74) is 2.09. The number of carbonyl (C=O) groups excluding carboxylic acids is 1. The van der Waals surface area contributed by atoms with Gasteiger partial charge in [-0.25, -0.2) is 0 Å². The van der Waals surface area contributed by atoms with Crippen molar-refractivity contribution in [2.75, 3.05) is 20.1 Å². The van der Waals surface area contributed by atoms with Crippen molar-refractivity contribution in [3.8, 4) is 0 Å². The molecule has 2 atom stereocenters. The molecule has 2 nitrogen and oxygen atoms in total. The van der Waals surface area contributed by atoms with Crippen molar-refractivity contribution >= 4 is 6.29 Å². The minimum Gasteiger partial charge on any atom is -0.306 e. The molecular weight excluding hydrogens is 210 g/mol. The largest absolute Gasteiger partial charge is 0.306 e. The molecule has 0 aromatic heterocycles. The van der Waals surface area contributed by atoms with Crippen LogP contribution in [0, 0.1) is 5.92 Å². The summed E-state index contributed by atoms with van der Waals surface area (Å²) in [7, 11) is 2.20. The van der Waals surface area contributed by atoms with Crippen molar-refractivity contribution in [1.82, 2.24) is 4.90 Å². The van der Waals surface area contributed by atoms with Crippen molar-refractivity contribution in [1.29, 1.82) is 0 Å². The standard InChI is InChI=1S/C15H21NO/c1-12(15-7-4-8-16(2)10-15)14-6-3-5-13(9-14)11-17/h3,5-6,9,11-12,15H,4,7-8,10H2,1-2H3. The number of hydrogen-bond acceptors (Lipinski definition) is 2. The lowest BCUT2D eigenvalue weighted by molar-refractivity contribution is 0.112. The maximum Gasteiger partial charge on any atom is 0.150 e. The molecule has 92 valence electrons. The second-order valence-electron chi connectivity index (χ2n) is 5.24. The summed E-state index contributed by atoms with van der Waals surface area (Å²) >= 11 is 0. The highest BCUT2D eigenvalue weighted by atomic mass is 16.1. The van der Waals surface area contributed by atoms with Gasteiger partial charge in [0, 0.05) is 12.1 Å². The smallest absolute Gasteiger partial charge is 0.150 e. The number of hydrogen-bond donors (Lipinski definition) is 0. The first-order chi connectivity index (χ1) is 8.20. The second kappa shape index (κ2) is 5.46. The van der Waals surface area contributed by atoms with E-state index in [0.717, 1.165) is 17.8 Å². The van der Waals surface area contributed by atoms with Crippen molar-refractivity contribution in [2.45, 2.75) is 25.7 Å². The highest BCUT2D eigenvalue weighted by Crippen LogP contribution is 2.31. The first-order valence-corrected chi connectivity index (χ1v) is 6.44. The van der Waals surface area contributed by atoms with Crippen LogP contribution in [0.4, 0.5) is 0 Å². The molecule has 2 heteroatoms. The molecule has 1 saturated heterocycles. The fraction of sp³-hybridized carbons (Fsp3) is 0.533. The third-order valence-electron chi connectivity index (χ3n) is 3.94. The second-order valence-corrected chi connectivity index (χ2v) is 5.24. The summed E-state index contributed by atoms with van der Waals surface area (Å²) in [5, 5.41) is 0. The molecule has 2 unspecified atom stereocenters. The van der Waals surface area contributed by atoms with Crippen molar-refractivity contribution in [2.24, 2.45) is 5.92 Å². The quantitative estimate of drug-likeness (QED) is 0.745. The van der Waals surface area contributed by atoms with Gasteiger partial charge in [-0.3, -0.25) is 4.79 Å². The van der Waals surface area contributed by atoms with Crippen molar-refractivity contribution < 1.29 is 4.79 Å². The minimum atomic E-state index is 0.539. The van der Waals surface area contributed by atoms with Crippen molar-refractivity contribution in [3.05, 3.63) is 35.4 Å². The molecule has 0 aliphatic carbocycles. The van der Waals surface area contributed by atoms with E-state index in [0.29, 0.717) is 5.92 Å². The molecular formula is C15H21NO. The normalized spacial score (nSPS) is 23.3. The van der Waals surface area contributed by atoms with Gasteiger partial charge in [0.15, 0.2) is 0 Å². The molecule has 1 fully saturated rings. The Morgan fingerprint density at radius 2 is 2.29 bits per heavy atom. The summed E-state index contributed by atoms with van der Waals surface area (Å²) < 4.78 is 0. The zero-order valence-corrected chi connectivity index (χ0v) is 10.7. The van der Waals surface area contributed by atoms with Crippen LogP contribution in [0.15, 0.2) is 24.3 Å². The van der Waals surface area contributed by atoms with Gasteiger partial charge >= 0.3 is 0 Å². The van der Waals surface area contributed by atoms with Crippen LogP contribution in [0.5, 0.6) is 0 Å². The topological polar surface area (TPSA) is 20.3 Å². The summed E-state index contributed by atoms with van der Waals surface area (Å²) in [4.78, 5) is 13.2. The van der Waals surface area contributed by atoms with E-state index < -0.39 is 0 Å². The molecule has 0 N–H and O–H groups in total. The number of nitrogens with zero attached hydrogens (tertiary/aromatic N) is 1. The molecule has 0 saturated carbocycles. The number of carbonyl (C=O) groups is 1. The predicted octanol–water partition coefficient (Wildman–Crippen LogP) is 2.94. The lowest BCUT2D eigenvalue weighted by atomic mass is 9.82. The summed E-state index contributed by atoms with van der Waals surface area (Å²) in [6.45, 7) is 4.68. The van der Waals surface area contributed by atoms with E-state index in [1.165, 1.54) is 31.5 Å². The Bertz CT molecular complexity index is 388.